The number of thiophene rings is 1. The average Bonchev–Trinajstić information content (AvgIpc) is 3.45. The van der Waals surface area contributed by atoms with Crippen LogP contribution in [0.3, 0.4) is 0 Å². The van der Waals surface area contributed by atoms with Crippen molar-refractivity contribution >= 4 is 34.2 Å². The molecule has 10 heteroatoms. The summed E-state index contributed by atoms with van der Waals surface area (Å²) < 4.78 is 11.6. The molecule has 1 saturated carbocycles. The second-order valence-corrected chi connectivity index (χ2v) is 11.0. The monoisotopic (exact) mass is 516 g/mol. The predicted molar refractivity (Wildman–Crippen MR) is 141 cm³/mol. The van der Waals surface area contributed by atoms with Crippen LogP contribution < -0.4 is 22.1 Å². The van der Waals surface area contributed by atoms with E-state index in [9.17, 15) is 14.4 Å². The topological polar surface area (TPSA) is 146 Å². The standard InChI is InChI=1S/C26H36N4O5S/c1-26(2,3)34-15-20(24(32)35-18-9-4-5-10-18)29-12-11-16-7-6-8-17(13-16)21-14-19(22(27)31)23(36-21)30-25(28)33/h6-8,13-14,18,20,29H,4-5,9-12,15H2,1-3H3,(H2,27,31)(H3,28,30,33)/t20-/m0/s1. The lowest BCUT2D eigenvalue weighted by atomic mass is 10.1. The maximum atomic E-state index is 12.8. The molecule has 3 rings (SSSR count). The Morgan fingerprint density at radius 3 is 2.50 bits per heavy atom. The third-order valence-electron chi connectivity index (χ3n) is 5.80. The van der Waals surface area contributed by atoms with Crippen molar-refractivity contribution in [3.05, 3.63) is 41.5 Å². The van der Waals surface area contributed by atoms with Crippen LogP contribution in [0.1, 0.15) is 62.4 Å². The van der Waals surface area contributed by atoms with Gasteiger partial charge in [-0.05, 0) is 70.1 Å². The molecule has 36 heavy (non-hydrogen) atoms. The first kappa shape index (κ1) is 27.6. The molecule has 1 aromatic heterocycles. The zero-order valence-electron chi connectivity index (χ0n) is 21.1. The molecule has 1 aromatic carbocycles. The first-order valence-electron chi connectivity index (χ1n) is 12.2. The van der Waals surface area contributed by atoms with Gasteiger partial charge in [0.05, 0.1) is 17.8 Å². The van der Waals surface area contributed by atoms with Gasteiger partial charge >= 0.3 is 12.0 Å². The van der Waals surface area contributed by atoms with Crippen LogP contribution in [0.25, 0.3) is 10.4 Å². The van der Waals surface area contributed by atoms with Gasteiger partial charge in [-0.15, -0.1) is 11.3 Å². The van der Waals surface area contributed by atoms with E-state index in [0.29, 0.717) is 18.0 Å². The minimum absolute atomic E-state index is 0.00171. The molecule has 0 radical (unpaired) electrons. The van der Waals surface area contributed by atoms with E-state index in [-0.39, 0.29) is 29.8 Å². The van der Waals surface area contributed by atoms with Crippen molar-refractivity contribution in [1.29, 1.82) is 0 Å². The molecule has 1 aliphatic carbocycles. The number of carbonyl (C=O) groups is 3. The second-order valence-electron chi connectivity index (χ2n) is 9.93. The molecule has 0 aliphatic heterocycles. The van der Waals surface area contributed by atoms with Crippen molar-refractivity contribution in [2.24, 2.45) is 11.5 Å². The van der Waals surface area contributed by atoms with E-state index in [1.165, 1.54) is 11.3 Å². The Balaban J connectivity index is 1.65. The van der Waals surface area contributed by atoms with E-state index in [1.54, 1.807) is 6.07 Å². The normalized spacial score (nSPS) is 15.0. The molecule has 196 valence electrons. The molecule has 1 aliphatic rings. The van der Waals surface area contributed by atoms with Gasteiger partial charge in [0.2, 0.25) is 0 Å². The number of esters is 1. The van der Waals surface area contributed by atoms with Crippen LogP contribution in [-0.2, 0) is 20.7 Å². The van der Waals surface area contributed by atoms with E-state index >= 15 is 0 Å². The third-order valence-corrected chi connectivity index (χ3v) is 6.90. The summed E-state index contributed by atoms with van der Waals surface area (Å²) in [6.45, 7) is 6.64. The van der Waals surface area contributed by atoms with Crippen molar-refractivity contribution in [2.75, 3.05) is 18.5 Å². The van der Waals surface area contributed by atoms with E-state index in [1.807, 2.05) is 45.0 Å². The molecular formula is C26H36N4O5S. The van der Waals surface area contributed by atoms with Crippen LogP contribution in [0.15, 0.2) is 30.3 Å². The van der Waals surface area contributed by atoms with Crippen LogP contribution in [0.5, 0.6) is 0 Å². The number of primary amides is 2. The minimum Gasteiger partial charge on any atom is -0.461 e. The highest BCUT2D eigenvalue weighted by Gasteiger charge is 2.27. The van der Waals surface area contributed by atoms with Crippen molar-refractivity contribution in [3.8, 4) is 10.4 Å². The summed E-state index contributed by atoms with van der Waals surface area (Å²) in [5.74, 6) is -0.915. The summed E-state index contributed by atoms with van der Waals surface area (Å²) in [7, 11) is 0. The summed E-state index contributed by atoms with van der Waals surface area (Å²) in [5.41, 5.74) is 12.4. The Bertz CT molecular complexity index is 1070. The fraction of sp³-hybridized carbons (Fsp3) is 0.500. The lowest BCUT2D eigenvalue weighted by molar-refractivity contribution is -0.154. The molecule has 1 heterocycles. The Labute approximate surface area is 215 Å². The van der Waals surface area contributed by atoms with Crippen LogP contribution in [0.4, 0.5) is 9.80 Å². The lowest BCUT2D eigenvalue weighted by Crippen LogP contribution is -2.45. The van der Waals surface area contributed by atoms with E-state index in [4.69, 9.17) is 20.9 Å². The summed E-state index contributed by atoms with van der Waals surface area (Å²) in [6, 6.07) is 8.17. The number of nitrogens with two attached hydrogens (primary N) is 2. The molecule has 0 saturated heterocycles. The highest BCUT2D eigenvalue weighted by atomic mass is 32.1. The summed E-state index contributed by atoms with van der Waals surface area (Å²) in [5, 5.41) is 6.08. The first-order valence-corrected chi connectivity index (χ1v) is 13.0. The number of hydrogen-bond donors (Lipinski definition) is 4. The van der Waals surface area contributed by atoms with Gasteiger partial charge in [-0.1, -0.05) is 24.3 Å². The molecule has 9 nitrogen and oxygen atoms in total. The van der Waals surface area contributed by atoms with Gasteiger partial charge in [-0.2, -0.15) is 0 Å². The molecule has 0 spiro atoms. The minimum atomic E-state index is -0.762. The molecule has 3 amide bonds. The van der Waals surface area contributed by atoms with E-state index < -0.39 is 18.0 Å². The zero-order chi connectivity index (χ0) is 26.3. The van der Waals surface area contributed by atoms with Gasteiger partial charge in [-0.25, -0.2) is 4.79 Å². The number of urea groups is 1. The van der Waals surface area contributed by atoms with Gasteiger partial charge < -0.3 is 26.3 Å². The highest BCUT2D eigenvalue weighted by molar-refractivity contribution is 7.20. The number of hydrogen-bond acceptors (Lipinski definition) is 7. The van der Waals surface area contributed by atoms with E-state index in [2.05, 4.69) is 10.6 Å². The number of amides is 3. The number of ether oxygens (including phenoxy) is 2. The van der Waals surface area contributed by atoms with Gasteiger partial charge in [-0.3, -0.25) is 14.9 Å². The Kier molecular flexibility index (Phi) is 9.47. The highest BCUT2D eigenvalue weighted by Crippen LogP contribution is 2.35. The summed E-state index contributed by atoms with van der Waals surface area (Å²) in [4.78, 5) is 36.7. The predicted octanol–water partition coefficient (Wildman–Crippen LogP) is 3.81. The fourth-order valence-corrected chi connectivity index (χ4v) is 5.05. The molecule has 1 fully saturated rings. The molecule has 0 unspecified atom stereocenters. The molecule has 1 atom stereocenters. The second kappa shape index (κ2) is 12.3. The molecule has 0 bridgehead atoms. The Morgan fingerprint density at radius 2 is 1.86 bits per heavy atom. The number of nitrogens with one attached hydrogen (secondary N) is 2. The Hall–Kier alpha value is -2.95. The van der Waals surface area contributed by atoms with Gasteiger partial charge in [0.1, 0.15) is 17.1 Å². The number of rotatable bonds is 11. The number of anilines is 1. The summed E-state index contributed by atoms with van der Waals surface area (Å²) >= 11 is 1.23. The quantitative estimate of drug-likeness (QED) is 0.334. The van der Waals surface area contributed by atoms with Gasteiger partial charge in [0.25, 0.3) is 5.91 Å². The number of benzene rings is 1. The Morgan fingerprint density at radius 1 is 1.14 bits per heavy atom. The number of carbonyl (C=O) groups excluding carboxylic acids is 3. The van der Waals surface area contributed by atoms with Crippen molar-refractivity contribution in [3.63, 3.8) is 0 Å². The molecular weight excluding hydrogens is 480 g/mol. The SMILES string of the molecule is CC(C)(C)OC[C@H](NCCc1cccc(-c2cc(C(N)=O)c(NC(N)=O)s2)c1)C(=O)OC1CCCC1. The maximum Gasteiger partial charge on any atom is 0.325 e. The summed E-state index contributed by atoms with van der Waals surface area (Å²) in [6.07, 6.45) is 4.69. The molecule has 2 aromatic rings. The zero-order valence-corrected chi connectivity index (χ0v) is 21.9. The van der Waals surface area contributed by atoms with Gasteiger partial charge in [0.15, 0.2) is 0 Å². The van der Waals surface area contributed by atoms with E-state index in [0.717, 1.165) is 41.7 Å². The van der Waals surface area contributed by atoms with Crippen LogP contribution in [0.2, 0.25) is 0 Å². The van der Waals surface area contributed by atoms with Gasteiger partial charge in [0, 0.05) is 11.4 Å². The fourth-order valence-electron chi connectivity index (χ4n) is 3.99. The smallest absolute Gasteiger partial charge is 0.325 e. The van der Waals surface area contributed by atoms with Crippen molar-refractivity contribution in [1.82, 2.24) is 5.32 Å². The first-order chi connectivity index (χ1) is 17.0. The van der Waals surface area contributed by atoms with Crippen LogP contribution in [-0.4, -0.2) is 48.8 Å². The van der Waals surface area contributed by atoms with Crippen molar-refractivity contribution < 1.29 is 23.9 Å². The largest absolute Gasteiger partial charge is 0.461 e. The lowest BCUT2D eigenvalue weighted by Gasteiger charge is -2.25. The van der Waals surface area contributed by atoms with Crippen LogP contribution in [0, 0.1) is 0 Å². The molecule has 6 N–H and O–H groups in total. The van der Waals surface area contributed by atoms with Crippen molar-refractivity contribution in [2.45, 2.75) is 70.6 Å². The maximum absolute atomic E-state index is 12.8. The third kappa shape index (κ3) is 8.32. The van der Waals surface area contributed by atoms with Crippen LogP contribution >= 0.6 is 11.3 Å². The average molecular weight is 517 g/mol.